The minimum Gasteiger partial charge on any atom is -0.495 e. The van der Waals surface area contributed by atoms with Crippen LogP contribution in [0.25, 0.3) is 21.9 Å². The zero-order chi connectivity index (χ0) is 20.4. The molecule has 1 aromatic heterocycles. The molecule has 0 aliphatic carbocycles. The molecule has 3 aromatic carbocycles. The predicted octanol–water partition coefficient (Wildman–Crippen LogP) is 4.91. The van der Waals surface area contributed by atoms with Crippen LogP contribution in [-0.4, -0.2) is 19.1 Å². The second-order valence-electron chi connectivity index (χ2n) is 6.66. The zero-order valence-corrected chi connectivity index (χ0v) is 16.0. The number of amides is 1. The molecule has 0 bridgehead atoms. The summed E-state index contributed by atoms with van der Waals surface area (Å²) in [4.78, 5) is 12.6. The minimum absolute atomic E-state index is 0.264. The molecular weight excluding hydrogens is 366 g/mol. The fourth-order valence-electron chi connectivity index (χ4n) is 3.26. The Balaban J connectivity index is 1.61. The van der Waals surface area contributed by atoms with Crippen molar-refractivity contribution in [1.29, 1.82) is 5.26 Å². The van der Waals surface area contributed by atoms with Crippen LogP contribution in [0.15, 0.2) is 65.1 Å². The van der Waals surface area contributed by atoms with Crippen LogP contribution in [0.1, 0.15) is 12.5 Å². The molecule has 1 amide bonds. The van der Waals surface area contributed by atoms with Gasteiger partial charge in [-0.1, -0.05) is 30.3 Å². The molecule has 0 radical (unpaired) electrons. The number of ether oxygens (including phenoxy) is 1. The molecule has 0 spiro atoms. The molecule has 4 aromatic rings. The summed E-state index contributed by atoms with van der Waals surface area (Å²) in [5, 5.41) is 17.1. The highest BCUT2D eigenvalue weighted by Gasteiger charge is 2.18. The number of methoxy groups -OCH3 is 1. The number of carbonyl (C=O) groups excluding carboxylic acids is 1. The van der Waals surface area contributed by atoms with E-state index in [0.29, 0.717) is 28.3 Å². The number of carbonyl (C=O) groups is 1. The van der Waals surface area contributed by atoms with Crippen molar-refractivity contribution >= 4 is 39.2 Å². The summed E-state index contributed by atoms with van der Waals surface area (Å²) < 4.78 is 11.5. The Bertz CT molecular complexity index is 1250. The first kappa shape index (κ1) is 18.4. The first-order valence-corrected chi connectivity index (χ1v) is 9.16. The lowest BCUT2D eigenvalue weighted by molar-refractivity contribution is -0.116. The summed E-state index contributed by atoms with van der Waals surface area (Å²) in [5.41, 5.74) is 3.04. The number of nitriles is 1. The lowest BCUT2D eigenvalue weighted by atomic mass is 10.1. The SMILES string of the molecule is COc1cc2c(cc1N[C@H](C)C(=O)Nc1ccccc1C#N)oc1ccccc12. The summed E-state index contributed by atoms with van der Waals surface area (Å²) in [6.07, 6.45) is 0. The Morgan fingerprint density at radius 2 is 1.79 bits per heavy atom. The van der Waals surface area contributed by atoms with Gasteiger partial charge in [-0.05, 0) is 31.2 Å². The standard InChI is InChI=1S/C23H19N3O3/c1-14(23(27)26-18-9-5-3-7-15(18)13-24)25-19-12-21-17(11-22(19)28-2)16-8-4-6-10-20(16)29-21/h3-12,14,25H,1-2H3,(H,26,27)/t14-/m1/s1. The van der Waals surface area contributed by atoms with E-state index in [1.54, 1.807) is 38.3 Å². The van der Waals surface area contributed by atoms with E-state index in [4.69, 9.17) is 9.15 Å². The third kappa shape index (κ3) is 3.46. The largest absolute Gasteiger partial charge is 0.495 e. The van der Waals surface area contributed by atoms with Crippen molar-refractivity contribution in [3.8, 4) is 11.8 Å². The normalized spacial score (nSPS) is 11.8. The first-order chi connectivity index (χ1) is 14.1. The third-order valence-corrected chi connectivity index (χ3v) is 4.77. The topological polar surface area (TPSA) is 87.3 Å². The van der Waals surface area contributed by atoms with E-state index in [2.05, 4.69) is 16.7 Å². The number of para-hydroxylation sites is 2. The summed E-state index contributed by atoms with van der Waals surface area (Å²) in [6.45, 7) is 1.74. The minimum atomic E-state index is -0.572. The Morgan fingerprint density at radius 1 is 1.03 bits per heavy atom. The van der Waals surface area contributed by atoms with Crippen molar-refractivity contribution in [1.82, 2.24) is 0 Å². The van der Waals surface area contributed by atoms with E-state index in [1.807, 2.05) is 36.4 Å². The van der Waals surface area contributed by atoms with Crippen LogP contribution in [-0.2, 0) is 4.79 Å². The Labute approximate surface area is 167 Å². The maximum atomic E-state index is 12.6. The number of hydrogen-bond donors (Lipinski definition) is 2. The summed E-state index contributed by atoms with van der Waals surface area (Å²) in [5.74, 6) is 0.348. The maximum absolute atomic E-state index is 12.6. The van der Waals surface area contributed by atoms with Gasteiger partial charge in [0.2, 0.25) is 5.91 Å². The molecule has 0 aliphatic heterocycles. The van der Waals surface area contributed by atoms with E-state index < -0.39 is 6.04 Å². The van der Waals surface area contributed by atoms with Crippen molar-refractivity contribution in [3.05, 3.63) is 66.2 Å². The van der Waals surface area contributed by atoms with Crippen molar-refractivity contribution < 1.29 is 13.9 Å². The van der Waals surface area contributed by atoms with Gasteiger partial charge >= 0.3 is 0 Å². The number of nitrogens with one attached hydrogen (secondary N) is 2. The third-order valence-electron chi connectivity index (χ3n) is 4.77. The summed E-state index contributed by atoms with van der Waals surface area (Å²) >= 11 is 0. The fraction of sp³-hybridized carbons (Fsp3) is 0.130. The van der Waals surface area contributed by atoms with E-state index in [1.165, 1.54) is 0 Å². The molecular formula is C23H19N3O3. The van der Waals surface area contributed by atoms with Crippen LogP contribution >= 0.6 is 0 Å². The molecule has 4 rings (SSSR count). The van der Waals surface area contributed by atoms with Gasteiger partial charge in [0, 0.05) is 16.8 Å². The number of nitrogens with zero attached hydrogens (tertiary/aromatic N) is 1. The average Bonchev–Trinajstić information content (AvgIpc) is 3.10. The molecule has 0 saturated heterocycles. The predicted molar refractivity (Wildman–Crippen MR) is 113 cm³/mol. The molecule has 1 atom stereocenters. The number of fused-ring (bicyclic) bond motifs is 3. The van der Waals surface area contributed by atoms with Gasteiger partial charge in [-0.3, -0.25) is 4.79 Å². The van der Waals surface area contributed by atoms with E-state index >= 15 is 0 Å². The highest BCUT2D eigenvalue weighted by atomic mass is 16.5. The Hall–Kier alpha value is -3.98. The first-order valence-electron chi connectivity index (χ1n) is 9.16. The number of benzene rings is 3. The van der Waals surface area contributed by atoms with Crippen LogP contribution in [0, 0.1) is 11.3 Å². The fourth-order valence-corrected chi connectivity index (χ4v) is 3.26. The number of rotatable bonds is 5. The molecule has 6 nitrogen and oxygen atoms in total. The molecule has 29 heavy (non-hydrogen) atoms. The number of furan rings is 1. The maximum Gasteiger partial charge on any atom is 0.246 e. The van der Waals surface area contributed by atoms with Gasteiger partial charge in [-0.15, -0.1) is 0 Å². The lowest BCUT2D eigenvalue weighted by Crippen LogP contribution is -2.32. The molecule has 1 heterocycles. The molecule has 144 valence electrons. The van der Waals surface area contributed by atoms with Crippen LogP contribution in [0.3, 0.4) is 0 Å². The van der Waals surface area contributed by atoms with Gasteiger partial charge in [-0.2, -0.15) is 5.26 Å². The molecule has 6 heteroatoms. The molecule has 0 aliphatic rings. The van der Waals surface area contributed by atoms with Crippen molar-refractivity contribution in [2.24, 2.45) is 0 Å². The highest BCUT2D eigenvalue weighted by molar-refractivity contribution is 6.07. The van der Waals surface area contributed by atoms with Gasteiger partial charge in [-0.25, -0.2) is 0 Å². The van der Waals surface area contributed by atoms with Crippen LogP contribution in [0.4, 0.5) is 11.4 Å². The van der Waals surface area contributed by atoms with Gasteiger partial charge in [0.05, 0.1) is 24.0 Å². The molecule has 2 N–H and O–H groups in total. The van der Waals surface area contributed by atoms with Gasteiger partial charge < -0.3 is 19.8 Å². The van der Waals surface area contributed by atoms with E-state index in [9.17, 15) is 10.1 Å². The monoisotopic (exact) mass is 385 g/mol. The Morgan fingerprint density at radius 3 is 2.59 bits per heavy atom. The smallest absolute Gasteiger partial charge is 0.246 e. The van der Waals surface area contributed by atoms with Gasteiger partial charge in [0.1, 0.15) is 29.0 Å². The Kier molecular flexibility index (Phi) is 4.80. The quantitative estimate of drug-likeness (QED) is 0.510. The van der Waals surface area contributed by atoms with Crippen LogP contribution < -0.4 is 15.4 Å². The van der Waals surface area contributed by atoms with Crippen LogP contribution in [0.5, 0.6) is 5.75 Å². The number of hydrogen-bond acceptors (Lipinski definition) is 5. The summed E-state index contributed by atoms with van der Waals surface area (Å²) in [7, 11) is 1.59. The van der Waals surface area contributed by atoms with E-state index in [0.717, 1.165) is 16.4 Å². The average molecular weight is 385 g/mol. The van der Waals surface area contributed by atoms with E-state index in [-0.39, 0.29) is 5.91 Å². The van der Waals surface area contributed by atoms with Crippen molar-refractivity contribution in [2.75, 3.05) is 17.7 Å². The molecule has 0 fully saturated rings. The molecule has 0 saturated carbocycles. The number of anilines is 2. The lowest BCUT2D eigenvalue weighted by Gasteiger charge is -2.18. The molecule has 0 unspecified atom stereocenters. The van der Waals surface area contributed by atoms with Crippen LogP contribution in [0.2, 0.25) is 0 Å². The second kappa shape index (κ2) is 7.56. The summed E-state index contributed by atoms with van der Waals surface area (Å²) in [6, 6.07) is 19.9. The van der Waals surface area contributed by atoms with Gasteiger partial charge in [0.15, 0.2) is 0 Å². The van der Waals surface area contributed by atoms with Crippen molar-refractivity contribution in [2.45, 2.75) is 13.0 Å². The zero-order valence-electron chi connectivity index (χ0n) is 16.0. The highest BCUT2D eigenvalue weighted by Crippen LogP contribution is 2.36. The van der Waals surface area contributed by atoms with Gasteiger partial charge in [0.25, 0.3) is 0 Å². The van der Waals surface area contributed by atoms with Crippen molar-refractivity contribution in [3.63, 3.8) is 0 Å². The second-order valence-corrected chi connectivity index (χ2v) is 6.66.